The van der Waals surface area contributed by atoms with E-state index in [9.17, 15) is 40.5 Å². The fraction of sp³-hybridized carbons (Fsp3) is 0.848. The first-order valence-corrected chi connectivity index (χ1v) is 22.9. The SMILES string of the molecule is CCCCCC/C=C/CC/C=C/CCCC(O)C(O)C(COC1OC(CO)C(O)C(O)C1O)NC(=O)C(O)CCCCCC/C=C\CCCCCCCCCCC. The lowest BCUT2D eigenvalue weighted by Crippen LogP contribution is -2.60. The van der Waals surface area contributed by atoms with Crippen LogP contribution < -0.4 is 5.32 Å². The number of ether oxygens (including phenoxy) is 2. The van der Waals surface area contributed by atoms with Gasteiger partial charge in [0.2, 0.25) is 5.91 Å². The van der Waals surface area contributed by atoms with Crippen LogP contribution in [0.2, 0.25) is 0 Å². The molecule has 1 aliphatic heterocycles. The summed E-state index contributed by atoms with van der Waals surface area (Å²) in [6.07, 6.45) is 29.1. The molecule has 0 aromatic rings. The molecule has 0 bridgehead atoms. The van der Waals surface area contributed by atoms with Crippen molar-refractivity contribution in [3.05, 3.63) is 36.5 Å². The summed E-state index contributed by atoms with van der Waals surface area (Å²) in [5, 5.41) is 75.5. The molecule has 0 aromatic heterocycles. The first-order chi connectivity index (χ1) is 27.7. The van der Waals surface area contributed by atoms with Gasteiger partial charge in [-0.05, 0) is 77.0 Å². The molecular formula is C46H85NO10. The number of amides is 1. The molecule has 11 heteroatoms. The standard InChI is InChI=1S/C46H85NO10/c1-3-5-7-9-11-13-15-17-18-19-20-22-24-26-28-30-32-34-39(50)45(55)47-37(36-56-46-44(54)43(53)42(52)40(35-48)57-46)41(51)38(49)33-31-29-27-25-23-21-16-14-12-10-8-6-4-2/h14,16,20,22,25,27,37-44,46,48-54H,3-13,15,17-19,21,23-24,26,28-36H2,1-2H3,(H,47,55)/b16-14+,22-20-,27-25+. The third-order valence-corrected chi connectivity index (χ3v) is 10.9. The van der Waals surface area contributed by atoms with Crippen molar-refractivity contribution in [1.82, 2.24) is 5.32 Å². The Bertz CT molecular complexity index is 1020. The van der Waals surface area contributed by atoms with Crippen LogP contribution >= 0.6 is 0 Å². The second-order valence-corrected chi connectivity index (χ2v) is 16.1. The molecular weight excluding hydrogens is 727 g/mol. The van der Waals surface area contributed by atoms with Gasteiger partial charge in [0.05, 0.1) is 25.4 Å². The van der Waals surface area contributed by atoms with E-state index in [1.165, 1.54) is 83.5 Å². The number of rotatable bonds is 37. The predicted molar refractivity (Wildman–Crippen MR) is 228 cm³/mol. The van der Waals surface area contributed by atoms with Crippen molar-refractivity contribution in [3.63, 3.8) is 0 Å². The Balaban J connectivity index is 2.50. The zero-order valence-corrected chi connectivity index (χ0v) is 35.8. The van der Waals surface area contributed by atoms with Gasteiger partial charge in [-0.25, -0.2) is 0 Å². The molecule has 1 amide bonds. The molecule has 0 radical (unpaired) electrons. The molecule has 57 heavy (non-hydrogen) atoms. The van der Waals surface area contributed by atoms with Crippen LogP contribution in [-0.4, -0.2) is 110 Å². The summed E-state index contributed by atoms with van der Waals surface area (Å²) < 4.78 is 11.1. The topological polar surface area (TPSA) is 189 Å². The lowest BCUT2D eigenvalue weighted by atomic mass is 9.98. The first-order valence-electron chi connectivity index (χ1n) is 22.9. The summed E-state index contributed by atoms with van der Waals surface area (Å²) in [7, 11) is 0. The van der Waals surface area contributed by atoms with Crippen molar-refractivity contribution < 1.29 is 50.0 Å². The van der Waals surface area contributed by atoms with E-state index in [1.54, 1.807) is 0 Å². The molecule has 1 heterocycles. The van der Waals surface area contributed by atoms with Gasteiger partial charge in [0, 0.05) is 0 Å². The van der Waals surface area contributed by atoms with E-state index in [1.807, 2.05) is 0 Å². The average molecular weight is 812 g/mol. The van der Waals surface area contributed by atoms with E-state index in [2.05, 4.69) is 55.6 Å². The fourth-order valence-corrected chi connectivity index (χ4v) is 7.04. The number of nitrogens with one attached hydrogen (secondary N) is 1. The Morgan fingerprint density at radius 2 is 1.05 bits per heavy atom. The van der Waals surface area contributed by atoms with Gasteiger partial charge >= 0.3 is 0 Å². The number of allylic oxidation sites excluding steroid dienone is 6. The van der Waals surface area contributed by atoms with E-state index in [0.717, 1.165) is 51.4 Å². The molecule has 1 saturated heterocycles. The third kappa shape index (κ3) is 26.2. The molecule has 8 N–H and O–H groups in total. The van der Waals surface area contributed by atoms with Gasteiger partial charge < -0.3 is 50.5 Å². The summed E-state index contributed by atoms with van der Waals surface area (Å²) in [5.41, 5.74) is 0. The minimum atomic E-state index is -1.67. The van der Waals surface area contributed by atoms with Crippen molar-refractivity contribution in [1.29, 1.82) is 0 Å². The van der Waals surface area contributed by atoms with Crippen LogP contribution in [0.1, 0.15) is 181 Å². The number of aliphatic hydroxyl groups is 7. The molecule has 9 atom stereocenters. The number of carbonyl (C=O) groups excluding carboxylic acids is 1. The summed E-state index contributed by atoms with van der Waals surface area (Å²) in [4.78, 5) is 13.1. The third-order valence-electron chi connectivity index (χ3n) is 10.9. The summed E-state index contributed by atoms with van der Waals surface area (Å²) in [6.45, 7) is 3.38. The normalized spacial score (nSPS) is 22.4. The van der Waals surface area contributed by atoms with Gasteiger partial charge in [-0.2, -0.15) is 0 Å². The predicted octanol–water partition coefficient (Wildman–Crippen LogP) is 7.22. The molecule has 1 aliphatic rings. The minimum Gasteiger partial charge on any atom is -0.394 e. The monoisotopic (exact) mass is 812 g/mol. The van der Waals surface area contributed by atoms with Gasteiger partial charge in [0.15, 0.2) is 6.29 Å². The summed E-state index contributed by atoms with van der Waals surface area (Å²) in [6, 6.07) is -1.19. The van der Waals surface area contributed by atoms with Crippen LogP contribution in [0.5, 0.6) is 0 Å². The van der Waals surface area contributed by atoms with Crippen LogP contribution in [0.15, 0.2) is 36.5 Å². The second kappa shape index (κ2) is 36.2. The van der Waals surface area contributed by atoms with Crippen molar-refractivity contribution in [2.45, 2.75) is 236 Å². The molecule has 0 saturated carbocycles. The van der Waals surface area contributed by atoms with E-state index in [4.69, 9.17) is 9.47 Å². The van der Waals surface area contributed by atoms with E-state index in [0.29, 0.717) is 19.3 Å². The molecule has 334 valence electrons. The zero-order valence-electron chi connectivity index (χ0n) is 35.8. The van der Waals surface area contributed by atoms with Crippen LogP contribution in [0.4, 0.5) is 0 Å². The lowest BCUT2D eigenvalue weighted by Gasteiger charge is -2.40. The highest BCUT2D eigenvalue weighted by Gasteiger charge is 2.44. The molecule has 1 rings (SSSR count). The van der Waals surface area contributed by atoms with Crippen molar-refractivity contribution in [2.24, 2.45) is 0 Å². The van der Waals surface area contributed by atoms with Gasteiger partial charge in [-0.15, -0.1) is 0 Å². The van der Waals surface area contributed by atoms with Crippen molar-refractivity contribution >= 4 is 5.91 Å². The summed E-state index contributed by atoms with van der Waals surface area (Å²) >= 11 is 0. The highest BCUT2D eigenvalue weighted by atomic mass is 16.7. The number of unbranched alkanes of at least 4 members (excludes halogenated alkanes) is 19. The fourth-order valence-electron chi connectivity index (χ4n) is 7.04. The Hall–Kier alpha value is -1.67. The molecule has 9 unspecified atom stereocenters. The Morgan fingerprint density at radius 3 is 1.58 bits per heavy atom. The molecule has 1 fully saturated rings. The maximum atomic E-state index is 13.1. The molecule has 0 aromatic carbocycles. The Morgan fingerprint density at radius 1 is 0.596 bits per heavy atom. The van der Waals surface area contributed by atoms with Gasteiger partial charge in [0.1, 0.15) is 36.6 Å². The van der Waals surface area contributed by atoms with Crippen LogP contribution in [0.25, 0.3) is 0 Å². The minimum absolute atomic E-state index is 0.236. The molecule has 0 aliphatic carbocycles. The smallest absolute Gasteiger partial charge is 0.249 e. The van der Waals surface area contributed by atoms with Gasteiger partial charge in [-0.1, -0.05) is 140 Å². The van der Waals surface area contributed by atoms with Crippen molar-refractivity contribution in [3.8, 4) is 0 Å². The van der Waals surface area contributed by atoms with Crippen molar-refractivity contribution in [2.75, 3.05) is 13.2 Å². The quantitative estimate of drug-likeness (QED) is 0.0235. The number of hydrogen-bond acceptors (Lipinski definition) is 10. The second-order valence-electron chi connectivity index (χ2n) is 16.1. The van der Waals surface area contributed by atoms with E-state index < -0.39 is 74.2 Å². The zero-order chi connectivity index (χ0) is 41.9. The van der Waals surface area contributed by atoms with E-state index >= 15 is 0 Å². The maximum absolute atomic E-state index is 13.1. The Kier molecular flexibility index (Phi) is 33.9. The van der Waals surface area contributed by atoms with Crippen LogP contribution in [0, 0.1) is 0 Å². The number of aliphatic hydroxyl groups excluding tert-OH is 7. The highest BCUT2D eigenvalue weighted by Crippen LogP contribution is 2.23. The lowest BCUT2D eigenvalue weighted by molar-refractivity contribution is -0.303. The average Bonchev–Trinajstić information content (AvgIpc) is 3.21. The molecule has 11 nitrogen and oxygen atoms in total. The maximum Gasteiger partial charge on any atom is 0.249 e. The summed E-state index contributed by atoms with van der Waals surface area (Å²) in [5.74, 6) is -0.721. The van der Waals surface area contributed by atoms with Crippen LogP contribution in [-0.2, 0) is 14.3 Å². The molecule has 0 spiro atoms. The first kappa shape index (κ1) is 53.3. The number of carbonyl (C=O) groups is 1. The van der Waals surface area contributed by atoms with Crippen LogP contribution in [0.3, 0.4) is 0 Å². The van der Waals surface area contributed by atoms with Gasteiger partial charge in [0.25, 0.3) is 0 Å². The largest absolute Gasteiger partial charge is 0.394 e. The highest BCUT2D eigenvalue weighted by molar-refractivity contribution is 5.80. The Labute approximate surface area is 346 Å². The van der Waals surface area contributed by atoms with Gasteiger partial charge in [-0.3, -0.25) is 4.79 Å². The van der Waals surface area contributed by atoms with E-state index in [-0.39, 0.29) is 12.8 Å². The number of hydrogen-bond donors (Lipinski definition) is 8.